The fourth-order valence-electron chi connectivity index (χ4n) is 0. The zero-order valence-electron chi connectivity index (χ0n) is 1.72. The summed E-state index contributed by atoms with van der Waals surface area (Å²) in [5, 5.41) is 0. The molecule has 4 heavy (non-hydrogen) atoms. The quantitative estimate of drug-likeness (QED) is 0.464. The van der Waals surface area contributed by atoms with E-state index in [1.807, 2.05) is 0 Å². The summed E-state index contributed by atoms with van der Waals surface area (Å²) in [7, 11) is 0. The Labute approximate surface area is 58.8 Å². The topological polar surface area (TPSA) is 0 Å². The van der Waals surface area contributed by atoms with Crippen LogP contribution in [0.15, 0.2) is 0 Å². The van der Waals surface area contributed by atoms with E-state index in [0.29, 0.717) is 0 Å². The number of hydrogen-bond donors (Lipinski definition) is 0. The summed E-state index contributed by atoms with van der Waals surface area (Å²) in [4.78, 5) is 0. The molecule has 0 bridgehead atoms. The zero-order valence-corrected chi connectivity index (χ0v) is 5.74. The molecule has 0 aromatic heterocycles. The molecule has 0 aliphatic heterocycles. The molecule has 0 atom stereocenters. The Morgan fingerprint density at radius 3 is 0.500 bits per heavy atom. The summed E-state index contributed by atoms with van der Waals surface area (Å²) in [6.45, 7) is 0. The molecule has 0 aromatic carbocycles. The fourth-order valence-corrected chi connectivity index (χ4v) is 0. The van der Waals surface area contributed by atoms with Crippen molar-refractivity contribution in [2.75, 3.05) is 0 Å². The van der Waals surface area contributed by atoms with Crippen LogP contribution in [0, 0.1) is 0 Å². The van der Waals surface area contributed by atoms with Gasteiger partial charge in [0.2, 0.25) is 0 Å². The predicted octanol–water partition coefficient (Wildman–Crippen LogP) is 1.26. The van der Waals surface area contributed by atoms with Crippen molar-refractivity contribution in [2.45, 2.75) is 0 Å². The Morgan fingerprint density at radius 2 is 0.500 bits per heavy atom. The second-order valence-electron chi connectivity index (χ2n) is 0. The van der Waals surface area contributed by atoms with Gasteiger partial charge in [0.25, 0.3) is 0 Å². The summed E-state index contributed by atoms with van der Waals surface area (Å²) in [6.07, 6.45) is 0. The smallest absolute Gasteiger partial charge is 0 e. The van der Waals surface area contributed by atoms with E-state index in [1.165, 1.54) is 0 Å². The van der Waals surface area contributed by atoms with Gasteiger partial charge in [-0.1, -0.05) is 0 Å². The largest absolute Gasteiger partial charge is 0.147 e. The molecule has 0 aromatic rings. The predicted molar refractivity (Wildman–Crippen MR) is 21.7 cm³/mol. The van der Waals surface area contributed by atoms with Gasteiger partial charge >= 0.3 is 0 Å². The van der Waals surface area contributed by atoms with Gasteiger partial charge in [-0.05, 0) is 0 Å². The van der Waals surface area contributed by atoms with Crippen LogP contribution in [0.5, 0.6) is 0 Å². The minimum atomic E-state index is 0. The van der Waals surface area contributed by atoms with Crippen LogP contribution in [-0.2, 0) is 21.7 Å². The summed E-state index contributed by atoms with van der Waals surface area (Å²) < 4.78 is 0. The molecule has 0 fully saturated rings. The second kappa shape index (κ2) is 23.5. The molecule has 0 spiro atoms. The molecule has 0 saturated heterocycles. The van der Waals surface area contributed by atoms with E-state index in [1.54, 1.807) is 0 Å². The summed E-state index contributed by atoms with van der Waals surface area (Å²) in [6, 6.07) is 0. The Balaban J connectivity index is 0. The van der Waals surface area contributed by atoms with Crippen molar-refractivity contribution in [3.05, 3.63) is 0 Å². The Morgan fingerprint density at radius 1 is 0.500 bits per heavy atom. The molecule has 0 heterocycles. The first kappa shape index (κ1) is 46.8. The first-order valence-electron chi connectivity index (χ1n) is 0. The summed E-state index contributed by atoms with van der Waals surface area (Å²) in [5.74, 6) is 0. The molecule has 0 amide bonds. The minimum absolute atomic E-state index is 0. The van der Waals surface area contributed by atoms with E-state index in [-0.39, 0.29) is 58.9 Å². The number of halogens is 3. The molecule has 4 heteroatoms. The maximum Gasteiger partial charge on any atom is 0 e. The minimum Gasteiger partial charge on any atom is -0.147 e. The standard InChI is InChI=1S/3ClH.Ti/h3*1H;. The molecule has 0 aliphatic carbocycles. The monoisotopic (exact) mass is 156 g/mol. The van der Waals surface area contributed by atoms with Crippen LogP contribution in [0.1, 0.15) is 0 Å². The third-order valence-electron chi connectivity index (χ3n) is 0. The molecular formula is H3Cl3Ti. The van der Waals surface area contributed by atoms with E-state index >= 15 is 0 Å². The van der Waals surface area contributed by atoms with Crippen LogP contribution < -0.4 is 0 Å². The molecule has 0 N–H and O–H groups in total. The van der Waals surface area contributed by atoms with Crippen LogP contribution in [0.3, 0.4) is 0 Å². The normalized spacial score (nSPS) is 0. The number of rotatable bonds is 0. The van der Waals surface area contributed by atoms with Crippen molar-refractivity contribution in [2.24, 2.45) is 0 Å². The van der Waals surface area contributed by atoms with E-state index in [4.69, 9.17) is 0 Å². The van der Waals surface area contributed by atoms with Crippen molar-refractivity contribution >= 4 is 37.2 Å². The number of hydrogen-bond acceptors (Lipinski definition) is 0. The average molecular weight is 157 g/mol. The molecular weight excluding hydrogens is 154 g/mol. The molecule has 0 aliphatic rings. The van der Waals surface area contributed by atoms with E-state index < -0.39 is 0 Å². The Kier molecular flexibility index (Phi) is 274. The van der Waals surface area contributed by atoms with Gasteiger partial charge in [-0.25, -0.2) is 0 Å². The molecule has 0 nitrogen and oxygen atoms in total. The van der Waals surface area contributed by atoms with Crippen LogP contribution in [0.4, 0.5) is 0 Å². The van der Waals surface area contributed by atoms with Gasteiger partial charge in [-0.3, -0.25) is 0 Å². The third kappa shape index (κ3) is 9.54. The fraction of sp³-hybridized carbons (Fsp3) is 0. The van der Waals surface area contributed by atoms with Crippen LogP contribution in [-0.4, -0.2) is 0 Å². The van der Waals surface area contributed by atoms with Crippen molar-refractivity contribution in [3.8, 4) is 0 Å². The molecule has 0 radical (unpaired) electrons. The summed E-state index contributed by atoms with van der Waals surface area (Å²) in [5.41, 5.74) is 0. The molecule has 0 saturated carbocycles. The van der Waals surface area contributed by atoms with Gasteiger partial charge in [0, 0.05) is 21.7 Å². The maximum atomic E-state index is 0. The van der Waals surface area contributed by atoms with Gasteiger partial charge in [0.1, 0.15) is 0 Å². The average Bonchev–Trinajstić information content (AvgIpc) is 0. The zero-order chi connectivity index (χ0) is 0. The van der Waals surface area contributed by atoms with E-state index in [9.17, 15) is 0 Å². The van der Waals surface area contributed by atoms with Crippen molar-refractivity contribution < 1.29 is 21.7 Å². The van der Waals surface area contributed by atoms with E-state index in [0.717, 1.165) is 0 Å². The molecule has 0 unspecified atom stereocenters. The first-order valence-corrected chi connectivity index (χ1v) is 0. The van der Waals surface area contributed by atoms with Crippen LogP contribution in [0.25, 0.3) is 0 Å². The van der Waals surface area contributed by atoms with Gasteiger partial charge in [0.15, 0.2) is 0 Å². The molecule has 0 rings (SSSR count). The van der Waals surface area contributed by atoms with Gasteiger partial charge in [0.05, 0.1) is 0 Å². The van der Waals surface area contributed by atoms with Gasteiger partial charge < -0.3 is 0 Å². The molecule has 28 valence electrons. The Bertz CT molecular complexity index is 3.25. The maximum absolute atomic E-state index is 0. The second-order valence-corrected chi connectivity index (χ2v) is 0. The van der Waals surface area contributed by atoms with Gasteiger partial charge in [-0.15, -0.1) is 37.2 Å². The first-order chi connectivity index (χ1) is 0. The van der Waals surface area contributed by atoms with Crippen molar-refractivity contribution in [1.29, 1.82) is 0 Å². The Hall–Kier alpha value is 1.58. The van der Waals surface area contributed by atoms with Crippen LogP contribution in [0.2, 0.25) is 0 Å². The van der Waals surface area contributed by atoms with Gasteiger partial charge in [-0.2, -0.15) is 0 Å². The SMILES string of the molecule is Cl.Cl.Cl.[Ti]. The van der Waals surface area contributed by atoms with Crippen molar-refractivity contribution in [1.82, 2.24) is 0 Å². The van der Waals surface area contributed by atoms with Crippen molar-refractivity contribution in [3.63, 3.8) is 0 Å². The third-order valence-corrected chi connectivity index (χ3v) is 0. The van der Waals surface area contributed by atoms with E-state index in [2.05, 4.69) is 0 Å². The van der Waals surface area contributed by atoms with Crippen LogP contribution >= 0.6 is 37.2 Å². The summed E-state index contributed by atoms with van der Waals surface area (Å²) >= 11 is 0.